The largest absolute Gasteiger partial charge is 0.494 e. The number of ether oxygens (including phenoxy) is 1. The zero-order valence-electron chi connectivity index (χ0n) is 15.6. The molecule has 5 nitrogen and oxygen atoms in total. The molecule has 1 atom stereocenters. The molecular formula is C19H24Cl2N2O3S. The van der Waals surface area contributed by atoms with E-state index in [0.29, 0.717) is 28.9 Å². The fraction of sp³-hybridized carbons (Fsp3) is 0.368. The number of halogens is 2. The predicted molar refractivity (Wildman–Crippen MR) is 110 cm³/mol. The van der Waals surface area contributed by atoms with Gasteiger partial charge in [0.15, 0.2) is 0 Å². The quantitative estimate of drug-likeness (QED) is 0.641. The summed E-state index contributed by atoms with van der Waals surface area (Å²) in [6.45, 7) is 3.07. The molecule has 0 amide bonds. The molecule has 2 aromatic rings. The number of benzene rings is 2. The van der Waals surface area contributed by atoms with Crippen molar-refractivity contribution in [2.24, 2.45) is 0 Å². The highest BCUT2D eigenvalue weighted by atomic mass is 35.5. The molecule has 0 aromatic heterocycles. The smallest absolute Gasteiger partial charge is 0.241 e. The van der Waals surface area contributed by atoms with Crippen molar-refractivity contribution >= 4 is 33.2 Å². The minimum Gasteiger partial charge on any atom is -0.494 e. The van der Waals surface area contributed by atoms with Crippen molar-refractivity contribution < 1.29 is 13.2 Å². The van der Waals surface area contributed by atoms with Crippen LogP contribution in [-0.2, 0) is 10.0 Å². The van der Waals surface area contributed by atoms with Gasteiger partial charge in [0, 0.05) is 6.54 Å². The number of nitrogens with zero attached hydrogens (tertiary/aromatic N) is 1. The molecule has 0 aliphatic heterocycles. The van der Waals surface area contributed by atoms with Crippen molar-refractivity contribution in [3.8, 4) is 5.75 Å². The van der Waals surface area contributed by atoms with Crippen LogP contribution >= 0.6 is 23.2 Å². The van der Waals surface area contributed by atoms with Crippen molar-refractivity contribution in [2.45, 2.75) is 24.3 Å². The van der Waals surface area contributed by atoms with E-state index in [2.05, 4.69) is 4.72 Å². The van der Waals surface area contributed by atoms with E-state index in [1.54, 1.807) is 30.3 Å². The summed E-state index contributed by atoms with van der Waals surface area (Å²) >= 11 is 12.1. The van der Waals surface area contributed by atoms with Crippen molar-refractivity contribution in [3.05, 3.63) is 58.1 Å². The van der Waals surface area contributed by atoms with Crippen LogP contribution < -0.4 is 9.46 Å². The molecule has 2 rings (SSSR count). The maximum absolute atomic E-state index is 12.8. The van der Waals surface area contributed by atoms with Crippen LogP contribution in [0.3, 0.4) is 0 Å². The lowest BCUT2D eigenvalue weighted by molar-refractivity contribution is 0.317. The highest BCUT2D eigenvalue weighted by Crippen LogP contribution is 2.27. The number of hydrogen-bond donors (Lipinski definition) is 1. The Labute approximate surface area is 171 Å². The topological polar surface area (TPSA) is 58.6 Å². The molecule has 27 heavy (non-hydrogen) atoms. The van der Waals surface area contributed by atoms with Crippen molar-refractivity contribution in [1.82, 2.24) is 9.62 Å². The SMILES string of the molecule is CCCOc1ccc(S(=O)(=O)N[C@@H](CN(C)C)c2ccc(Cl)c(Cl)c2)cc1. The molecule has 0 radical (unpaired) electrons. The number of rotatable bonds is 9. The first-order valence-electron chi connectivity index (χ1n) is 8.58. The molecule has 0 saturated heterocycles. The summed E-state index contributed by atoms with van der Waals surface area (Å²) in [5.74, 6) is 0.644. The van der Waals surface area contributed by atoms with Crippen molar-refractivity contribution in [1.29, 1.82) is 0 Å². The van der Waals surface area contributed by atoms with E-state index >= 15 is 0 Å². The van der Waals surface area contributed by atoms with Gasteiger partial charge in [-0.05, 0) is 62.5 Å². The van der Waals surface area contributed by atoms with Crippen LogP contribution in [0.2, 0.25) is 10.0 Å². The van der Waals surface area contributed by atoms with Gasteiger partial charge in [0.1, 0.15) is 5.75 Å². The fourth-order valence-corrected chi connectivity index (χ4v) is 4.02. The summed E-state index contributed by atoms with van der Waals surface area (Å²) in [6, 6.07) is 11.0. The Morgan fingerprint density at radius 3 is 2.30 bits per heavy atom. The maximum atomic E-state index is 12.8. The summed E-state index contributed by atoms with van der Waals surface area (Å²) < 4.78 is 33.9. The average Bonchev–Trinajstić information content (AvgIpc) is 2.61. The normalized spacial score (nSPS) is 13.0. The second kappa shape index (κ2) is 9.75. The molecular weight excluding hydrogens is 407 g/mol. The van der Waals surface area contributed by atoms with E-state index in [4.69, 9.17) is 27.9 Å². The molecule has 0 unspecified atom stereocenters. The van der Waals surface area contributed by atoms with Crippen LogP contribution in [0.5, 0.6) is 5.75 Å². The zero-order chi connectivity index (χ0) is 20.0. The van der Waals surface area contributed by atoms with Gasteiger partial charge in [0.2, 0.25) is 10.0 Å². The van der Waals surface area contributed by atoms with Crippen LogP contribution in [0.1, 0.15) is 24.9 Å². The van der Waals surface area contributed by atoms with Crippen LogP contribution in [0.15, 0.2) is 47.4 Å². The van der Waals surface area contributed by atoms with Gasteiger partial charge in [0.05, 0.1) is 27.6 Å². The Kier molecular flexibility index (Phi) is 7.94. The van der Waals surface area contributed by atoms with Gasteiger partial charge in [-0.25, -0.2) is 13.1 Å². The molecule has 0 aliphatic carbocycles. The first-order valence-corrected chi connectivity index (χ1v) is 10.8. The summed E-state index contributed by atoms with van der Waals surface area (Å²) in [5, 5.41) is 0.809. The van der Waals surface area contributed by atoms with E-state index in [1.165, 1.54) is 12.1 Å². The van der Waals surface area contributed by atoms with Gasteiger partial charge in [0.25, 0.3) is 0 Å². The Morgan fingerprint density at radius 2 is 1.74 bits per heavy atom. The second-order valence-electron chi connectivity index (χ2n) is 6.43. The lowest BCUT2D eigenvalue weighted by Gasteiger charge is -2.23. The van der Waals surface area contributed by atoms with Crippen LogP contribution in [-0.4, -0.2) is 40.6 Å². The summed E-state index contributed by atoms with van der Waals surface area (Å²) in [5.41, 5.74) is 0.740. The second-order valence-corrected chi connectivity index (χ2v) is 8.96. The highest BCUT2D eigenvalue weighted by Gasteiger charge is 2.22. The van der Waals surface area contributed by atoms with E-state index in [1.807, 2.05) is 25.9 Å². The summed E-state index contributed by atoms with van der Waals surface area (Å²) in [4.78, 5) is 2.08. The molecule has 0 aliphatic rings. The number of nitrogens with one attached hydrogen (secondary N) is 1. The molecule has 0 fully saturated rings. The lowest BCUT2D eigenvalue weighted by Crippen LogP contribution is -2.35. The molecule has 148 valence electrons. The standard InChI is InChI=1S/C19H24Cl2N2O3S/c1-4-11-26-15-6-8-16(9-7-15)27(24,25)22-19(13-23(2)3)14-5-10-17(20)18(21)12-14/h5-10,12,19,22H,4,11,13H2,1-3H3/t19-/m0/s1. The van der Waals surface area contributed by atoms with E-state index in [-0.39, 0.29) is 4.90 Å². The Hall–Kier alpha value is -1.31. The third-order valence-electron chi connectivity index (χ3n) is 3.80. The van der Waals surface area contributed by atoms with E-state index in [0.717, 1.165) is 12.0 Å². The molecule has 1 N–H and O–H groups in total. The predicted octanol–water partition coefficient (Wildman–Crippen LogP) is 4.36. The Balaban J connectivity index is 2.25. The Morgan fingerprint density at radius 1 is 1.07 bits per heavy atom. The third-order valence-corrected chi connectivity index (χ3v) is 6.02. The van der Waals surface area contributed by atoms with Gasteiger partial charge in [-0.15, -0.1) is 0 Å². The molecule has 0 bridgehead atoms. The molecule has 8 heteroatoms. The molecule has 0 heterocycles. The number of sulfonamides is 1. The minimum atomic E-state index is -3.72. The maximum Gasteiger partial charge on any atom is 0.241 e. The third kappa shape index (κ3) is 6.36. The van der Waals surface area contributed by atoms with Gasteiger partial charge < -0.3 is 9.64 Å². The highest BCUT2D eigenvalue weighted by molar-refractivity contribution is 7.89. The van der Waals surface area contributed by atoms with Gasteiger partial charge in [-0.3, -0.25) is 0 Å². The summed E-state index contributed by atoms with van der Waals surface area (Å²) in [6.07, 6.45) is 0.886. The lowest BCUT2D eigenvalue weighted by atomic mass is 10.1. The van der Waals surface area contributed by atoms with Gasteiger partial charge in [-0.2, -0.15) is 0 Å². The number of hydrogen-bond acceptors (Lipinski definition) is 4. The van der Waals surface area contributed by atoms with Crippen molar-refractivity contribution in [2.75, 3.05) is 27.2 Å². The zero-order valence-corrected chi connectivity index (χ0v) is 17.9. The Bertz CT molecular complexity index is 856. The molecule has 0 saturated carbocycles. The van der Waals surface area contributed by atoms with Crippen LogP contribution in [0.4, 0.5) is 0 Å². The van der Waals surface area contributed by atoms with Crippen LogP contribution in [0.25, 0.3) is 0 Å². The van der Waals surface area contributed by atoms with Crippen LogP contribution in [0, 0.1) is 0 Å². The van der Waals surface area contributed by atoms with E-state index < -0.39 is 16.1 Å². The summed E-state index contributed by atoms with van der Waals surface area (Å²) in [7, 11) is 0.0256. The van der Waals surface area contributed by atoms with E-state index in [9.17, 15) is 8.42 Å². The minimum absolute atomic E-state index is 0.176. The van der Waals surface area contributed by atoms with Crippen molar-refractivity contribution in [3.63, 3.8) is 0 Å². The first-order chi connectivity index (χ1) is 12.7. The average molecular weight is 431 g/mol. The van der Waals surface area contributed by atoms with Gasteiger partial charge >= 0.3 is 0 Å². The first kappa shape index (κ1) is 22.0. The molecule has 0 spiro atoms. The monoisotopic (exact) mass is 430 g/mol. The van der Waals surface area contributed by atoms with Gasteiger partial charge in [-0.1, -0.05) is 36.2 Å². The molecule has 2 aromatic carbocycles. The fourth-order valence-electron chi connectivity index (χ4n) is 2.50. The number of likely N-dealkylation sites (N-methyl/N-ethyl adjacent to an activating group) is 1.